The van der Waals surface area contributed by atoms with Gasteiger partial charge in [0.1, 0.15) is 6.04 Å². The summed E-state index contributed by atoms with van der Waals surface area (Å²) in [5.74, 6) is -0.329. The lowest BCUT2D eigenvalue weighted by molar-refractivity contribution is -0.140. The Labute approximate surface area is 176 Å². The second-order valence-corrected chi connectivity index (χ2v) is 8.04. The molecule has 0 spiro atoms. The topological polar surface area (TPSA) is 49.4 Å². The Morgan fingerprint density at radius 2 is 1.71 bits per heavy atom. The van der Waals surface area contributed by atoms with Crippen molar-refractivity contribution in [2.24, 2.45) is 0 Å². The summed E-state index contributed by atoms with van der Waals surface area (Å²) in [6.45, 7) is 7.71. The molecular weight excluding hydrogens is 395 g/mol. The Bertz CT molecular complexity index is 852. The van der Waals surface area contributed by atoms with Crippen molar-refractivity contribution in [3.63, 3.8) is 0 Å². The van der Waals surface area contributed by atoms with Crippen molar-refractivity contribution in [1.82, 2.24) is 10.2 Å². The van der Waals surface area contributed by atoms with Crippen LogP contribution in [-0.2, 0) is 22.6 Å². The van der Waals surface area contributed by atoms with Crippen molar-refractivity contribution in [2.75, 3.05) is 0 Å². The summed E-state index contributed by atoms with van der Waals surface area (Å²) in [6, 6.07) is 12.3. The molecule has 6 heteroatoms. The van der Waals surface area contributed by atoms with Crippen LogP contribution in [-0.4, -0.2) is 28.8 Å². The number of nitrogens with zero attached hydrogens (tertiary/aromatic N) is 1. The van der Waals surface area contributed by atoms with Crippen LogP contribution < -0.4 is 5.32 Å². The van der Waals surface area contributed by atoms with Crippen molar-refractivity contribution in [2.45, 2.75) is 52.7 Å². The lowest BCUT2D eigenvalue weighted by Gasteiger charge is -2.30. The summed E-state index contributed by atoms with van der Waals surface area (Å²) in [6.07, 6.45) is 0.219. The van der Waals surface area contributed by atoms with Gasteiger partial charge < -0.3 is 10.2 Å². The number of hydrogen-bond acceptors (Lipinski definition) is 2. The fourth-order valence-corrected chi connectivity index (χ4v) is 3.36. The summed E-state index contributed by atoms with van der Waals surface area (Å²) >= 11 is 12.3. The maximum atomic E-state index is 13.2. The fourth-order valence-electron chi connectivity index (χ4n) is 2.89. The predicted molar refractivity (Wildman–Crippen MR) is 115 cm³/mol. The lowest BCUT2D eigenvalue weighted by Crippen LogP contribution is -2.49. The van der Waals surface area contributed by atoms with Crippen LogP contribution in [0, 0.1) is 6.92 Å². The Kier molecular flexibility index (Phi) is 7.90. The standard InChI is InChI=1S/C22H26Cl2N2O2/c1-14(2)25-22(28)16(4)26(13-18-9-10-19(23)12-20(18)24)21(27)11-17-8-6-5-7-15(17)3/h5-10,12,14,16H,11,13H2,1-4H3,(H,25,28). The number of carbonyl (C=O) groups excluding carboxylic acids is 2. The van der Waals surface area contributed by atoms with E-state index in [1.807, 2.05) is 45.0 Å². The number of carbonyl (C=O) groups is 2. The first kappa shape index (κ1) is 22.3. The molecule has 0 radical (unpaired) electrons. The molecule has 0 aliphatic rings. The van der Waals surface area contributed by atoms with Crippen molar-refractivity contribution >= 4 is 35.0 Å². The second-order valence-electron chi connectivity index (χ2n) is 7.20. The molecule has 150 valence electrons. The van der Waals surface area contributed by atoms with E-state index in [1.54, 1.807) is 30.0 Å². The van der Waals surface area contributed by atoms with Gasteiger partial charge in [-0.2, -0.15) is 0 Å². The maximum absolute atomic E-state index is 13.2. The van der Waals surface area contributed by atoms with Gasteiger partial charge in [-0.05, 0) is 56.5 Å². The minimum atomic E-state index is -0.634. The Morgan fingerprint density at radius 3 is 2.32 bits per heavy atom. The van der Waals surface area contributed by atoms with Gasteiger partial charge in [-0.3, -0.25) is 9.59 Å². The van der Waals surface area contributed by atoms with Crippen LogP contribution in [0.5, 0.6) is 0 Å². The van der Waals surface area contributed by atoms with E-state index in [9.17, 15) is 9.59 Å². The zero-order valence-corrected chi connectivity index (χ0v) is 18.1. The molecule has 1 unspecified atom stereocenters. The minimum absolute atomic E-state index is 0.0117. The molecule has 0 saturated carbocycles. The van der Waals surface area contributed by atoms with Crippen molar-refractivity contribution in [1.29, 1.82) is 0 Å². The first-order chi connectivity index (χ1) is 13.2. The molecule has 2 rings (SSSR count). The van der Waals surface area contributed by atoms with Gasteiger partial charge in [0.2, 0.25) is 11.8 Å². The number of nitrogens with one attached hydrogen (secondary N) is 1. The maximum Gasteiger partial charge on any atom is 0.242 e. The van der Waals surface area contributed by atoms with Gasteiger partial charge in [-0.15, -0.1) is 0 Å². The van der Waals surface area contributed by atoms with Gasteiger partial charge in [0.15, 0.2) is 0 Å². The number of amides is 2. The molecule has 2 amide bonds. The number of hydrogen-bond donors (Lipinski definition) is 1. The average Bonchev–Trinajstić information content (AvgIpc) is 2.61. The predicted octanol–water partition coefficient (Wildman–Crippen LogP) is 4.79. The Balaban J connectivity index is 2.30. The zero-order valence-electron chi connectivity index (χ0n) is 16.6. The molecule has 0 fully saturated rings. The van der Waals surface area contributed by atoms with Crippen LogP contribution in [0.2, 0.25) is 10.0 Å². The highest BCUT2D eigenvalue weighted by Gasteiger charge is 2.27. The molecule has 1 N–H and O–H groups in total. The summed E-state index contributed by atoms with van der Waals surface area (Å²) in [5, 5.41) is 3.87. The van der Waals surface area contributed by atoms with Gasteiger partial charge in [0.05, 0.1) is 6.42 Å². The van der Waals surface area contributed by atoms with Crippen LogP contribution in [0.25, 0.3) is 0 Å². The Morgan fingerprint density at radius 1 is 1.04 bits per heavy atom. The molecule has 4 nitrogen and oxygen atoms in total. The highest BCUT2D eigenvalue weighted by molar-refractivity contribution is 6.35. The van der Waals surface area contributed by atoms with E-state index in [1.165, 1.54) is 0 Å². The Hall–Kier alpha value is -2.04. The third kappa shape index (κ3) is 5.98. The lowest BCUT2D eigenvalue weighted by atomic mass is 10.0. The molecule has 1 atom stereocenters. The number of rotatable bonds is 7. The fraction of sp³-hybridized carbons (Fsp3) is 0.364. The molecule has 28 heavy (non-hydrogen) atoms. The average molecular weight is 421 g/mol. The number of benzene rings is 2. The van der Waals surface area contributed by atoms with E-state index in [2.05, 4.69) is 5.32 Å². The molecule has 0 saturated heterocycles. The molecule has 0 heterocycles. The van der Waals surface area contributed by atoms with E-state index in [4.69, 9.17) is 23.2 Å². The van der Waals surface area contributed by atoms with Gasteiger partial charge in [0.25, 0.3) is 0 Å². The van der Waals surface area contributed by atoms with Gasteiger partial charge in [-0.25, -0.2) is 0 Å². The zero-order chi connectivity index (χ0) is 20.8. The van der Waals surface area contributed by atoms with Crippen molar-refractivity contribution in [3.8, 4) is 0 Å². The largest absolute Gasteiger partial charge is 0.352 e. The third-order valence-electron chi connectivity index (χ3n) is 4.56. The van der Waals surface area contributed by atoms with Crippen LogP contribution in [0.15, 0.2) is 42.5 Å². The quantitative estimate of drug-likeness (QED) is 0.699. The van der Waals surface area contributed by atoms with E-state index in [0.717, 1.165) is 16.7 Å². The van der Waals surface area contributed by atoms with E-state index < -0.39 is 6.04 Å². The van der Waals surface area contributed by atoms with Crippen LogP contribution in [0.3, 0.4) is 0 Å². The molecule has 2 aromatic rings. The number of aryl methyl sites for hydroxylation is 1. The summed E-state index contributed by atoms with van der Waals surface area (Å²) in [4.78, 5) is 27.3. The SMILES string of the molecule is Cc1ccccc1CC(=O)N(Cc1ccc(Cl)cc1Cl)C(C)C(=O)NC(C)C. The van der Waals surface area contributed by atoms with Crippen LogP contribution >= 0.6 is 23.2 Å². The van der Waals surface area contributed by atoms with Crippen molar-refractivity contribution in [3.05, 3.63) is 69.2 Å². The van der Waals surface area contributed by atoms with E-state index in [0.29, 0.717) is 10.0 Å². The first-order valence-corrected chi connectivity index (χ1v) is 10.0. The molecular formula is C22H26Cl2N2O2. The van der Waals surface area contributed by atoms with Gasteiger partial charge in [-0.1, -0.05) is 53.5 Å². The number of halogens is 2. The van der Waals surface area contributed by atoms with Crippen LogP contribution in [0.4, 0.5) is 0 Å². The normalized spacial score (nSPS) is 12.0. The van der Waals surface area contributed by atoms with Gasteiger partial charge in [0, 0.05) is 22.6 Å². The molecule has 0 aliphatic carbocycles. The molecule has 0 bridgehead atoms. The minimum Gasteiger partial charge on any atom is -0.352 e. The monoisotopic (exact) mass is 420 g/mol. The summed E-state index contributed by atoms with van der Waals surface area (Å²) < 4.78 is 0. The highest BCUT2D eigenvalue weighted by atomic mass is 35.5. The second kappa shape index (κ2) is 9.94. The highest BCUT2D eigenvalue weighted by Crippen LogP contribution is 2.24. The van der Waals surface area contributed by atoms with E-state index >= 15 is 0 Å². The smallest absolute Gasteiger partial charge is 0.242 e. The molecule has 0 aliphatic heterocycles. The summed E-state index contributed by atoms with van der Waals surface area (Å²) in [5.41, 5.74) is 2.73. The van der Waals surface area contributed by atoms with Crippen LogP contribution in [0.1, 0.15) is 37.5 Å². The third-order valence-corrected chi connectivity index (χ3v) is 5.14. The summed E-state index contributed by atoms with van der Waals surface area (Å²) in [7, 11) is 0. The molecule has 2 aromatic carbocycles. The van der Waals surface area contributed by atoms with Crippen molar-refractivity contribution < 1.29 is 9.59 Å². The first-order valence-electron chi connectivity index (χ1n) is 9.27. The van der Waals surface area contributed by atoms with E-state index in [-0.39, 0.29) is 30.8 Å². The van der Waals surface area contributed by atoms with Gasteiger partial charge >= 0.3 is 0 Å². The molecule has 0 aromatic heterocycles.